The third-order valence-electron chi connectivity index (χ3n) is 2.15. The maximum atomic E-state index is 5.60. The first kappa shape index (κ1) is 11.5. The van der Waals surface area contributed by atoms with Crippen molar-refractivity contribution in [3.8, 4) is 0 Å². The Hall–Kier alpha value is -1.00. The Morgan fingerprint density at radius 1 is 1.38 bits per heavy atom. The number of nitrogens with zero attached hydrogens (tertiary/aromatic N) is 1. The lowest BCUT2D eigenvalue weighted by Gasteiger charge is -2.05. The average molecular weight is 236 g/mol. The molecule has 0 aliphatic carbocycles. The Labute approximate surface area is 99.6 Å². The molecular formula is C12H16N2OS. The van der Waals surface area contributed by atoms with Gasteiger partial charge in [-0.15, -0.1) is 0 Å². The van der Waals surface area contributed by atoms with Crippen LogP contribution in [0.2, 0.25) is 0 Å². The van der Waals surface area contributed by atoms with Crippen LogP contribution in [0.3, 0.4) is 0 Å². The van der Waals surface area contributed by atoms with Gasteiger partial charge in [-0.1, -0.05) is 37.7 Å². The molecule has 4 heteroatoms. The molecule has 1 aromatic carbocycles. The van der Waals surface area contributed by atoms with E-state index >= 15 is 0 Å². The van der Waals surface area contributed by atoms with Gasteiger partial charge < -0.3 is 9.73 Å². The molecule has 86 valence electrons. The Morgan fingerprint density at radius 3 is 2.94 bits per heavy atom. The molecule has 16 heavy (non-hydrogen) atoms. The van der Waals surface area contributed by atoms with E-state index < -0.39 is 0 Å². The predicted molar refractivity (Wildman–Crippen MR) is 67.9 cm³/mol. The normalized spacial score (nSPS) is 11.4. The van der Waals surface area contributed by atoms with E-state index in [9.17, 15) is 0 Å². The molecule has 0 spiro atoms. The van der Waals surface area contributed by atoms with Gasteiger partial charge in [-0.05, 0) is 12.1 Å². The van der Waals surface area contributed by atoms with Crippen LogP contribution in [0.4, 0.5) is 0 Å². The highest BCUT2D eigenvalue weighted by Crippen LogP contribution is 2.22. The lowest BCUT2D eigenvalue weighted by molar-refractivity contribution is 0.489. The highest BCUT2D eigenvalue weighted by molar-refractivity contribution is 7.99. The molecule has 2 rings (SSSR count). The molecule has 3 nitrogen and oxygen atoms in total. The third kappa shape index (κ3) is 3.00. The van der Waals surface area contributed by atoms with Gasteiger partial charge in [0.1, 0.15) is 5.52 Å². The Kier molecular flexibility index (Phi) is 3.85. The molecule has 0 fully saturated rings. The fourth-order valence-corrected chi connectivity index (χ4v) is 2.10. The van der Waals surface area contributed by atoms with Crippen molar-refractivity contribution in [1.82, 2.24) is 10.3 Å². The second-order valence-corrected chi connectivity index (χ2v) is 4.95. The van der Waals surface area contributed by atoms with Crippen molar-refractivity contribution >= 4 is 22.9 Å². The van der Waals surface area contributed by atoms with E-state index in [2.05, 4.69) is 24.1 Å². The number of rotatable bonds is 5. The van der Waals surface area contributed by atoms with Gasteiger partial charge in [0.2, 0.25) is 0 Å². The number of nitrogens with one attached hydrogen (secondary N) is 1. The van der Waals surface area contributed by atoms with Gasteiger partial charge in [-0.2, -0.15) is 0 Å². The van der Waals surface area contributed by atoms with E-state index in [0.29, 0.717) is 6.04 Å². The molecule has 0 amide bonds. The van der Waals surface area contributed by atoms with Gasteiger partial charge in [-0.25, -0.2) is 4.98 Å². The van der Waals surface area contributed by atoms with E-state index in [1.807, 2.05) is 24.3 Å². The number of thioether (sulfide) groups is 1. The van der Waals surface area contributed by atoms with E-state index in [4.69, 9.17) is 4.42 Å². The molecule has 2 aromatic rings. The minimum atomic E-state index is 0.532. The minimum absolute atomic E-state index is 0.532. The molecule has 0 aliphatic rings. The number of aromatic nitrogens is 1. The lowest BCUT2D eigenvalue weighted by Crippen LogP contribution is -2.24. The topological polar surface area (TPSA) is 38.1 Å². The average Bonchev–Trinajstić information content (AvgIpc) is 2.66. The van der Waals surface area contributed by atoms with Crippen molar-refractivity contribution in [1.29, 1.82) is 0 Å². The summed E-state index contributed by atoms with van der Waals surface area (Å²) in [5.74, 6) is 0.977. The van der Waals surface area contributed by atoms with Crippen molar-refractivity contribution < 1.29 is 4.42 Å². The molecule has 0 atom stereocenters. The lowest BCUT2D eigenvalue weighted by atomic mass is 10.3. The summed E-state index contributed by atoms with van der Waals surface area (Å²) in [6.07, 6.45) is 0. The maximum absolute atomic E-state index is 5.60. The molecule has 1 N–H and O–H groups in total. The van der Waals surface area contributed by atoms with Crippen molar-refractivity contribution in [2.45, 2.75) is 25.1 Å². The van der Waals surface area contributed by atoms with Gasteiger partial charge in [0, 0.05) is 18.3 Å². The van der Waals surface area contributed by atoms with Crippen LogP contribution in [0.15, 0.2) is 33.9 Å². The van der Waals surface area contributed by atoms with Crippen LogP contribution in [0.5, 0.6) is 0 Å². The number of fused-ring (bicyclic) bond motifs is 1. The van der Waals surface area contributed by atoms with Gasteiger partial charge in [0.05, 0.1) is 0 Å². The number of hydrogen-bond acceptors (Lipinski definition) is 4. The van der Waals surface area contributed by atoms with Gasteiger partial charge in [0.15, 0.2) is 5.58 Å². The largest absolute Gasteiger partial charge is 0.431 e. The molecule has 0 saturated heterocycles. The summed E-state index contributed by atoms with van der Waals surface area (Å²) >= 11 is 1.65. The summed E-state index contributed by atoms with van der Waals surface area (Å²) in [5, 5.41) is 4.12. The Bertz CT molecular complexity index is 420. The summed E-state index contributed by atoms with van der Waals surface area (Å²) in [4.78, 5) is 4.40. The zero-order valence-corrected chi connectivity index (χ0v) is 10.4. The molecule has 1 heterocycles. The summed E-state index contributed by atoms with van der Waals surface area (Å²) in [6, 6.07) is 8.37. The molecule has 0 aliphatic heterocycles. The predicted octanol–water partition coefficient (Wildman–Crippen LogP) is 2.92. The van der Waals surface area contributed by atoms with Crippen LogP contribution in [0.25, 0.3) is 11.1 Å². The first-order valence-electron chi connectivity index (χ1n) is 5.47. The van der Waals surface area contributed by atoms with Crippen molar-refractivity contribution in [3.05, 3.63) is 24.3 Å². The zero-order chi connectivity index (χ0) is 11.4. The minimum Gasteiger partial charge on any atom is -0.431 e. The second kappa shape index (κ2) is 5.37. The summed E-state index contributed by atoms with van der Waals surface area (Å²) in [7, 11) is 0. The van der Waals surface area contributed by atoms with E-state index in [1.54, 1.807) is 11.8 Å². The van der Waals surface area contributed by atoms with Crippen molar-refractivity contribution in [2.24, 2.45) is 0 Å². The Balaban J connectivity index is 1.89. The fraction of sp³-hybridized carbons (Fsp3) is 0.417. The molecule has 0 saturated carbocycles. The standard InChI is InChI=1S/C12H16N2OS/c1-9(2)13-7-8-16-12-14-10-5-3-4-6-11(10)15-12/h3-6,9,13H,7-8H2,1-2H3. The van der Waals surface area contributed by atoms with E-state index in [-0.39, 0.29) is 0 Å². The quantitative estimate of drug-likeness (QED) is 0.640. The number of para-hydroxylation sites is 2. The van der Waals surface area contributed by atoms with Crippen LogP contribution in [0, 0.1) is 0 Å². The highest BCUT2D eigenvalue weighted by atomic mass is 32.2. The van der Waals surface area contributed by atoms with Gasteiger partial charge >= 0.3 is 0 Å². The highest BCUT2D eigenvalue weighted by Gasteiger charge is 2.04. The second-order valence-electron chi connectivity index (χ2n) is 3.90. The van der Waals surface area contributed by atoms with Crippen LogP contribution >= 0.6 is 11.8 Å². The Morgan fingerprint density at radius 2 is 2.19 bits per heavy atom. The number of oxazole rings is 1. The van der Waals surface area contributed by atoms with Crippen LogP contribution < -0.4 is 5.32 Å². The molecule has 0 radical (unpaired) electrons. The van der Waals surface area contributed by atoms with E-state index in [1.165, 1.54) is 0 Å². The number of hydrogen-bond donors (Lipinski definition) is 1. The summed E-state index contributed by atoms with van der Waals surface area (Å²) in [5.41, 5.74) is 1.80. The first-order chi connectivity index (χ1) is 7.75. The smallest absolute Gasteiger partial charge is 0.256 e. The van der Waals surface area contributed by atoms with E-state index in [0.717, 1.165) is 28.6 Å². The van der Waals surface area contributed by atoms with Crippen LogP contribution in [-0.2, 0) is 0 Å². The molecule has 1 aromatic heterocycles. The van der Waals surface area contributed by atoms with Crippen LogP contribution in [-0.4, -0.2) is 23.3 Å². The molecule has 0 unspecified atom stereocenters. The molecule has 0 bridgehead atoms. The van der Waals surface area contributed by atoms with Gasteiger partial charge in [0.25, 0.3) is 5.22 Å². The van der Waals surface area contributed by atoms with Gasteiger partial charge in [-0.3, -0.25) is 0 Å². The summed E-state index contributed by atoms with van der Waals surface area (Å²) in [6.45, 7) is 5.26. The van der Waals surface area contributed by atoms with Crippen molar-refractivity contribution in [3.63, 3.8) is 0 Å². The SMILES string of the molecule is CC(C)NCCSc1nc2ccccc2o1. The summed E-state index contributed by atoms with van der Waals surface area (Å²) < 4.78 is 5.60. The monoisotopic (exact) mass is 236 g/mol. The fourth-order valence-electron chi connectivity index (χ4n) is 1.40. The van der Waals surface area contributed by atoms with Crippen molar-refractivity contribution in [2.75, 3.05) is 12.3 Å². The van der Waals surface area contributed by atoms with Crippen LogP contribution in [0.1, 0.15) is 13.8 Å². The number of benzene rings is 1. The first-order valence-corrected chi connectivity index (χ1v) is 6.46. The third-order valence-corrected chi connectivity index (χ3v) is 2.98. The molecular weight excluding hydrogens is 220 g/mol. The zero-order valence-electron chi connectivity index (χ0n) is 9.56. The maximum Gasteiger partial charge on any atom is 0.256 e.